The molecule has 2 aliphatic rings. The second-order valence-electron chi connectivity index (χ2n) is 5.48. The van der Waals surface area contributed by atoms with Gasteiger partial charge in [-0.2, -0.15) is 11.8 Å². The van der Waals surface area contributed by atoms with Crippen molar-refractivity contribution in [1.82, 2.24) is 5.32 Å². The number of para-hydroxylation sites is 1. The molecule has 0 aromatic heterocycles. The summed E-state index contributed by atoms with van der Waals surface area (Å²) in [5, 5.41) is 4.74. The van der Waals surface area contributed by atoms with Gasteiger partial charge in [-0.3, -0.25) is 0 Å². The highest BCUT2D eigenvalue weighted by atomic mass is 32.2. The van der Waals surface area contributed by atoms with Gasteiger partial charge in [-0.25, -0.2) is 0 Å². The summed E-state index contributed by atoms with van der Waals surface area (Å²) in [6.07, 6.45) is 5.13. The average molecular weight is 277 g/mol. The molecule has 1 aliphatic carbocycles. The minimum absolute atomic E-state index is 0.486. The molecule has 3 rings (SSSR count). The molecular formula is C16H23NOS. The van der Waals surface area contributed by atoms with E-state index in [-0.39, 0.29) is 0 Å². The van der Waals surface area contributed by atoms with E-state index in [9.17, 15) is 0 Å². The molecule has 3 unspecified atom stereocenters. The second kappa shape index (κ2) is 6.19. The van der Waals surface area contributed by atoms with E-state index < -0.39 is 0 Å². The number of fused-ring (bicyclic) bond motifs is 1. The summed E-state index contributed by atoms with van der Waals surface area (Å²) in [5.74, 6) is 2.32. The lowest BCUT2D eigenvalue weighted by molar-refractivity contribution is 0.244. The largest absolute Gasteiger partial charge is 0.493 e. The summed E-state index contributed by atoms with van der Waals surface area (Å²) in [6.45, 7) is 3.11. The fourth-order valence-electron chi connectivity index (χ4n) is 3.28. The zero-order valence-corrected chi connectivity index (χ0v) is 12.4. The molecule has 0 radical (unpaired) electrons. The molecule has 3 heteroatoms. The van der Waals surface area contributed by atoms with Crippen LogP contribution in [0.15, 0.2) is 24.3 Å². The molecule has 1 saturated carbocycles. The van der Waals surface area contributed by atoms with Crippen LogP contribution in [0.1, 0.15) is 44.2 Å². The molecule has 1 fully saturated rings. The first-order chi connectivity index (χ1) is 9.36. The van der Waals surface area contributed by atoms with Gasteiger partial charge in [0.2, 0.25) is 0 Å². The standard InChI is InChI=1S/C16H23NOS/c1-2-19-13-8-7-12(11-13)17-15-9-10-18-16-6-4-3-5-14(15)16/h3-6,12-13,15,17H,2,7-11H2,1H3. The summed E-state index contributed by atoms with van der Waals surface area (Å²) < 4.78 is 5.73. The Morgan fingerprint density at radius 1 is 1.26 bits per heavy atom. The van der Waals surface area contributed by atoms with Crippen molar-refractivity contribution >= 4 is 11.8 Å². The molecule has 2 nitrogen and oxygen atoms in total. The van der Waals surface area contributed by atoms with Crippen molar-refractivity contribution in [3.05, 3.63) is 29.8 Å². The summed E-state index contributed by atoms with van der Waals surface area (Å²) in [5.41, 5.74) is 1.35. The van der Waals surface area contributed by atoms with Crippen LogP contribution in [0.3, 0.4) is 0 Å². The highest BCUT2D eigenvalue weighted by Crippen LogP contribution is 2.35. The van der Waals surface area contributed by atoms with Gasteiger partial charge in [0.05, 0.1) is 6.61 Å². The van der Waals surface area contributed by atoms with E-state index in [0.29, 0.717) is 12.1 Å². The Bertz CT molecular complexity index is 423. The van der Waals surface area contributed by atoms with Crippen LogP contribution in [0, 0.1) is 0 Å². The van der Waals surface area contributed by atoms with Crippen molar-refractivity contribution in [2.75, 3.05) is 12.4 Å². The van der Waals surface area contributed by atoms with E-state index in [1.807, 2.05) is 0 Å². The normalized spacial score (nSPS) is 29.8. The number of hydrogen-bond acceptors (Lipinski definition) is 3. The van der Waals surface area contributed by atoms with Gasteiger partial charge in [0, 0.05) is 29.3 Å². The summed E-state index contributed by atoms with van der Waals surface area (Å²) in [6, 6.07) is 9.66. The van der Waals surface area contributed by atoms with Gasteiger partial charge in [-0.15, -0.1) is 0 Å². The lowest BCUT2D eigenvalue weighted by Crippen LogP contribution is -2.34. The van der Waals surface area contributed by atoms with Gasteiger partial charge < -0.3 is 10.1 Å². The molecule has 0 bridgehead atoms. The zero-order valence-electron chi connectivity index (χ0n) is 11.6. The zero-order chi connectivity index (χ0) is 13.1. The fourth-order valence-corrected chi connectivity index (χ4v) is 4.42. The molecular weight excluding hydrogens is 254 g/mol. The monoisotopic (exact) mass is 277 g/mol. The van der Waals surface area contributed by atoms with E-state index in [1.54, 1.807) is 0 Å². The number of rotatable bonds is 4. The lowest BCUT2D eigenvalue weighted by Gasteiger charge is -2.29. The topological polar surface area (TPSA) is 21.3 Å². The Labute approximate surface area is 120 Å². The molecule has 1 aromatic rings. The van der Waals surface area contributed by atoms with Gasteiger partial charge in [-0.05, 0) is 31.1 Å². The predicted molar refractivity (Wildman–Crippen MR) is 82.0 cm³/mol. The fraction of sp³-hybridized carbons (Fsp3) is 0.625. The number of hydrogen-bond donors (Lipinski definition) is 1. The molecule has 0 amide bonds. The minimum atomic E-state index is 0.486. The first-order valence-electron chi connectivity index (χ1n) is 7.46. The van der Waals surface area contributed by atoms with Crippen LogP contribution >= 0.6 is 11.8 Å². The third-order valence-corrected chi connectivity index (χ3v) is 5.42. The lowest BCUT2D eigenvalue weighted by atomic mass is 9.99. The van der Waals surface area contributed by atoms with E-state index in [0.717, 1.165) is 24.0 Å². The van der Waals surface area contributed by atoms with Gasteiger partial charge >= 0.3 is 0 Å². The SMILES string of the molecule is CCSC1CCC(NC2CCOc3ccccc32)C1. The van der Waals surface area contributed by atoms with Crippen molar-refractivity contribution in [2.24, 2.45) is 0 Å². The van der Waals surface area contributed by atoms with Crippen LogP contribution < -0.4 is 10.1 Å². The third-order valence-electron chi connectivity index (χ3n) is 4.18. The van der Waals surface area contributed by atoms with Crippen molar-refractivity contribution in [3.8, 4) is 5.75 Å². The molecule has 1 N–H and O–H groups in total. The maximum absolute atomic E-state index is 5.73. The maximum atomic E-state index is 5.73. The number of benzene rings is 1. The van der Waals surface area contributed by atoms with Crippen molar-refractivity contribution < 1.29 is 4.74 Å². The van der Waals surface area contributed by atoms with Crippen LogP contribution in [-0.4, -0.2) is 23.7 Å². The third kappa shape index (κ3) is 3.09. The molecule has 1 heterocycles. The Balaban J connectivity index is 1.62. The van der Waals surface area contributed by atoms with E-state index in [2.05, 4.69) is 48.3 Å². The molecule has 1 aliphatic heterocycles. The molecule has 0 saturated heterocycles. The smallest absolute Gasteiger partial charge is 0.124 e. The van der Waals surface area contributed by atoms with Crippen molar-refractivity contribution in [2.45, 2.75) is 49.9 Å². The Morgan fingerprint density at radius 3 is 3.05 bits per heavy atom. The first-order valence-corrected chi connectivity index (χ1v) is 8.51. The van der Waals surface area contributed by atoms with Gasteiger partial charge in [0.1, 0.15) is 5.75 Å². The first kappa shape index (κ1) is 13.3. The van der Waals surface area contributed by atoms with E-state index in [4.69, 9.17) is 4.74 Å². The summed E-state index contributed by atoms with van der Waals surface area (Å²) in [4.78, 5) is 0. The Hall–Kier alpha value is -0.670. The highest BCUT2D eigenvalue weighted by molar-refractivity contribution is 7.99. The number of nitrogens with one attached hydrogen (secondary N) is 1. The molecule has 1 aromatic carbocycles. The van der Waals surface area contributed by atoms with Gasteiger partial charge in [-0.1, -0.05) is 25.1 Å². The van der Waals surface area contributed by atoms with Gasteiger partial charge in [0.15, 0.2) is 0 Å². The van der Waals surface area contributed by atoms with Crippen molar-refractivity contribution in [1.29, 1.82) is 0 Å². The summed E-state index contributed by atoms with van der Waals surface area (Å²) in [7, 11) is 0. The number of ether oxygens (including phenoxy) is 1. The summed E-state index contributed by atoms with van der Waals surface area (Å²) >= 11 is 2.13. The van der Waals surface area contributed by atoms with Crippen molar-refractivity contribution in [3.63, 3.8) is 0 Å². The maximum Gasteiger partial charge on any atom is 0.124 e. The minimum Gasteiger partial charge on any atom is -0.493 e. The molecule has 19 heavy (non-hydrogen) atoms. The molecule has 104 valence electrons. The van der Waals surface area contributed by atoms with Crippen LogP contribution in [0.5, 0.6) is 5.75 Å². The van der Waals surface area contributed by atoms with Gasteiger partial charge in [0.25, 0.3) is 0 Å². The average Bonchev–Trinajstić information content (AvgIpc) is 2.87. The Morgan fingerprint density at radius 2 is 2.16 bits per heavy atom. The molecule has 3 atom stereocenters. The van der Waals surface area contributed by atoms with Crippen LogP contribution in [0.25, 0.3) is 0 Å². The Kier molecular flexibility index (Phi) is 4.34. The molecule has 0 spiro atoms. The second-order valence-corrected chi connectivity index (χ2v) is 7.06. The predicted octanol–water partition coefficient (Wildman–Crippen LogP) is 3.77. The van der Waals surface area contributed by atoms with Crippen LogP contribution in [0.2, 0.25) is 0 Å². The van der Waals surface area contributed by atoms with E-state index >= 15 is 0 Å². The van der Waals surface area contributed by atoms with Crippen LogP contribution in [-0.2, 0) is 0 Å². The van der Waals surface area contributed by atoms with Crippen LogP contribution in [0.4, 0.5) is 0 Å². The van der Waals surface area contributed by atoms with E-state index in [1.165, 1.54) is 30.6 Å². The highest BCUT2D eigenvalue weighted by Gasteiger charge is 2.29. The number of thioether (sulfide) groups is 1. The quantitative estimate of drug-likeness (QED) is 0.905.